The molecule has 0 radical (unpaired) electrons. The van der Waals surface area contributed by atoms with Crippen molar-refractivity contribution in [3.8, 4) is 0 Å². The minimum Gasteiger partial charge on any atom is -0.445 e. The van der Waals surface area contributed by atoms with Crippen molar-refractivity contribution < 1.29 is 19.4 Å². The number of likely N-dealkylation sites (tertiary alicyclic amines) is 1. The molecule has 2 aliphatic rings. The van der Waals surface area contributed by atoms with Crippen LogP contribution in [0, 0.1) is 5.92 Å². The van der Waals surface area contributed by atoms with Gasteiger partial charge in [0.2, 0.25) is 5.91 Å². The topological polar surface area (TPSA) is 78.9 Å². The number of carbonyl (C=O) groups excluding carboxylic acids is 2. The Morgan fingerprint density at radius 1 is 1.23 bits per heavy atom. The van der Waals surface area contributed by atoms with Gasteiger partial charge in [-0.2, -0.15) is 0 Å². The van der Waals surface area contributed by atoms with Crippen LogP contribution >= 0.6 is 0 Å². The first kappa shape index (κ1) is 18.7. The number of β-amino-alcohol motifs (C(OH)–C–C–N with tert-alkyl or cyclic N) is 1. The molecule has 0 bridgehead atoms. The Balaban J connectivity index is 1.58. The van der Waals surface area contributed by atoms with Gasteiger partial charge in [0.1, 0.15) is 12.6 Å². The maximum Gasteiger partial charge on any atom is 0.410 e. The molecular weight excluding hydrogens is 332 g/mol. The third kappa shape index (κ3) is 4.55. The lowest BCUT2D eigenvalue weighted by Crippen LogP contribution is -2.50. The fourth-order valence-electron chi connectivity index (χ4n) is 3.88. The maximum atomic E-state index is 12.7. The van der Waals surface area contributed by atoms with Gasteiger partial charge in [0, 0.05) is 12.5 Å². The van der Waals surface area contributed by atoms with Crippen LogP contribution in [0.25, 0.3) is 0 Å². The van der Waals surface area contributed by atoms with Gasteiger partial charge in [0.15, 0.2) is 0 Å². The van der Waals surface area contributed by atoms with Gasteiger partial charge in [0.25, 0.3) is 0 Å². The molecule has 3 rings (SSSR count). The van der Waals surface area contributed by atoms with E-state index in [1.54, 1.807) is 0 Å². The van der Waals surface area contributed by atoms with Crippen LogP contribution in [0.2, 0.25) is 0 Å². The molecule has 1 saturated carbocycles. The van der Waals surface area contributed by atoms with Gasteiger partial charge < -0.3 is 15.2 Å². The number of hydrogen-bond acceptors (Lipinski definition) is 4. The van der Waals surface area contributed by atoms with Crippen LogP contribution < -0.4 is 5.32 Å². The van der Waals surface area contributed by atoms with E-state index in [0.717, 1.165) is 24.8 Å². The molecule has 1 aromatic rings. The normalized spacial score (nSPS) is 28.6. The number of hydrogen-bond donors (Lipinski definition) is 2. The largest absolute Gasteiger partial charge is 0.445 e. The van der Waals surface area contributed by atoms with Crippen LogP contribution in [0.15, 0.2) is 30.3 Å². The first-order valence-corrected chi connectivity index (χ1v) is 9.50. The molecule has 0 unspecified atom stereocenters. The maximum absolute atomic E-state index is 12.7. The second-order valence-electron chi connectivity index (χ2n) is 7.47. The summed E-state index contributed by atoms with van der Waals surface area (Å²) in [7, 11) is 0. The number of benzene rings is 1. The Bertz CT molecular complexity index is 621. The summed E-state index contributed by atoms with van der Waals surface area (Å²) in [6.07, 6.45) is 3.41. The Labute approximate surface area is 154 Å². The summed E-state index contributed by atoms with van der Waals surface area (Å²) in [5.74, 6) is 0.259. The van der Waals surface area contributed by atoms with E-state index in [9.17, 15) is 14.7 Å². The average Bonchev–Trinajstić information content (AvgIpc) is 3.04. The lowest BCUT2D eigenvalue weighted by Gasteiger charge is -2.31. The zero-order valence-corrected chi connectivity index (χ0v) is 15.3. The summed E-state index contributed by atoms with van der Waals surface area (Å²) >= 11 is 0. The highest BCUT2D eigenvalue weighted by Crippen LogP contribution is 2.25. The van der Waals surface area contributed by atoms with Crippen LogP contribution in [0.3, 0.4) is 0 Å². The number of amides is 2. The minimum atomic E-state index is -0.696. The van der Waals surface area contributed by atoms with E-state index in [1.807, 2.05) is 30.3 Å². The van der Waals surface area contributed by atoms with Gasteiger partial charge in [0.05, 0.1) is 12.6 Å². The number of aliphatic hydroxyl groups excluding tert-OH is 1. The molecule has 1 aromatic carbocycles. The molecule has 1 aliphatic carbocycles. The Morgan fingerprint density at radius 3 is 2.69 bits per heavy atom. The smallest absolute Gasteiger partial charge is 0.410 e. The molecule has 1 heterocycles. The zero-order chi connectivity index (χ0) is 18.5. The molecule has 26 heavy (non-hydrogen) atoms. The molecule has 2 amide bonds. The Kier molecular flexibility index (Phi) is 6.14. The minimum absolute atomic E-state index is 0.131. The predicted molar refractivity (Wildman–Crippen MR) is 97.3 cm³/mol. The monoisotopic (exact) mass is 360 g/mol. The van der Waals surface area contributed by atoms with E-state index >= 15 is 0 Å². The van der Waals surface area contributed by atoms with Crippen LogP contribution in [0.1, 0.15) is 44.6 Å². The lowest BCUT2D eigenvalue weighted by molar-refractivity contribution is -0.126. The van der Waals surface area contributed by atoms with Crippen LogP contribution in [-0.2, 0) is 16.1 Å². The van der Waals surface area contributed by atoms with Gasteiger partial charge in [-0.05, 0) is 24.3 Å². The van der Waals surface area contributed by atoms with E-state index < -0.39 is 18.2 Å². The van der Waals surface area contributed by atoms with E-state index in [4.69, 9.17) is 4.74 Å². The van der Waals surface area contributed by atoms with Crippen molar-refractivity contribution in [3.63, 3.8) is 0 Å². The Morgan fingerprint density at radius 2 is 1.96 bits per heavy atom. The summed E-state index contributed by atoms with van der Waals surface area (Å²) in [6.45, 7) is 2.44. The Hall–Kier alpha value is -2.08. The number of nitrogens with zero attached hydrogens (tertiary/aromatic N) is 1. The van der Waals surface area contributed by atoms with Gasteiger partial charge in [-0.1, -0.05) is 50.1 Å². The number of nitrogens with one attached hydrogen (secondary N) is 1. The number of ether oxygens (including phenoxy) is 1. The van der Waals surface area contributed by atoms with Crippen LogP contribution in [0.5, 0.6) is 0 Å². The second kappa shape index (κ2) is 8.54. The van der Waals surface area contributed by atoms with Crippen molar-refractivity contribution in [3.05, 3.63) is 35.9 Å². The number of carbonyl (C=O) groups is 2. The quantitative estimate of drug-likeness (QED) is 0.864. The highest BCUT2D eigenvalue weighted by Gasteiger charge is 2.40. The fraction of sp³-hybridized carbons (Fsp3) is 0.600. The zero-order valence-electron chi connectivity index (χ0n) is 15.3. The highest BCUT2D eigenvalue weighted by atomic mass is 16.6. The summed E-state index contributed by atoms with van der Waals surface area (Å²) in [5.41, 5.74) is 0.887. The molecule has 0 spiro atoms. The van der Waals surface area contributed by atoms with Gasteiger partial charge in [-0.3, -0.25) is 9.69 Å². The molecule has 1 aliphatic heterocycles. The number of aliphatic hydroxyl groups is 1. The molecule has 4 atom stereocenters. The standard InChI is InChI=1S/C20H28N2O4/c1-14-7-5-6-10-17(14)21-19(24)18-11-16(23)12-22(18)20(25)26-13-15-8-3-2-4-9-15/h2-4,8-9,14,16-18,23H,5-7,10-13H2,1H3,(H,21,24)/t14-,16+,17+,18+/m1/s1. The molecule has 1 saturated heterocycles. The molecular formula is C20H28N2O4. The molecule has 0 aromatic heterocycles. The van der Waals surface area contributed by atoms with E-state index in [2.05, 4.69) is 12.2 Å². The van der Waals surface area contributed by atoms with Crippen molar-refractivity contribution in [2.24, 2.45) is 5.92 Å². The highest BCUT2D eigenvalue weighted by molar-refractivity contribution is 5.86. The molecule has 142 valence electrons. The van der Waals surface area contributed by atoms with Crippen molar-refractivity contribution in [1.29, 1.82) is 0 Å². The van der Waals surface area contributed by atoms with Crippen molar-refractivity contribution in [2.45, 2.75) is 63.8 Å². The third-order valence-corrected chi connectivity index (χ3v) is 5.46. The summed E-state index contributed by atoms with van der Waals surface area (Å²) in [4.78, 5) is 26.5. The molecule has 2 fully saturated rings. The van der Waals surface area contributed by atoms with Gasteiger partial charge in [-0.15, -0.1) is 0 Å². The molecule has 2 N–H and O–H groups in total. The van der Waals surface area contributed by atoms with E-state index in [1.165, 1.54) is 11.3 Å². The van der Waals surface area contributed by atoms with Crippen LogP contribution in [-0.4, -0.2) is 46.7 Å². The summed E-state index contributed by atoms with van der Waals surface area (Å²) < 4.78 is 5.35. The first-order chi connectivity index (χ1) is 12.5. The van der Waals surface area contributed by atoms with Crippen LogP contribution in [0.4, 0.5) is 4.79 Å². The van der Waals surface area contributed by atoms with Crippen molar-refractivity contribution in [2.75, 3.05) is 6.54 Å². The SMILES string of the molecule is C[C@@H]1CCCC[C@@H]1NC(=O)[C@@H]1C[C@H](O)CN1C(=O)OCc1ccccc1. The fourth-order valence-corrected chi connectivity index (χ4v) is 3.88. The predicted octanol–water partition coefficient (Wildman–Crippen LogP) is 2.45. The molecule has 6 heteroatoms. The van der Waals surface area contributed by atoms with E-state index in [0.29, 0.717) is 5.92 Å². The third-order valence-electron chi connectivity index (χ3n) is 5.46. The van der Waals surface area contributed by atoms with Gasteiger partial charge in [-0.25, -0.2) is 4.79 Å². The van der Waals surface area contributed by atoms with Crippen molar-refractivity contribution >= 4 is 12.0 Å². The summed E-state index contributed by atoms with van der Waals surface area (Å²) in [5, 5.41) is 13.1. The second-order valence-corrected chi connectivity index (χ2v) is 7.47. The number of rotatable bonds is 4. The first-order valence-electron chi connectivity index (χ1n) is 9.50. The van der Waals surface area contributed by atoms with Crippen molar-refractivity contribution in [1.82, 2.24) is 10.2 Å². The molecule has 6 nitrogen and oxygen atoms in total. The lowest BCUT2D eigenvalue weighted by atomic mass is 9.86. The summed E-state index contributed by atoms with van der Waals surface area (Å²) in [6, 6.07) is 8.89. The van der Waals surface area contributed by atoms with Gasteiger partial charge >= 0.3 is 6.09 Å². The van der Waals surface area contributed by atoms with E-state index in [-0.39, 0.29) is 31.5 Å². The average molecular weight is 360 g/mol.